The second kappa shape index (κ2) is 5.52. The molecule has 1 aromatic heterocycles. The Bertz CT molecular complexity index is 784. The van der Waals surface area contributed by atoms with Gasteiger partial charge in [-0.05, 0) is 30.2 Å². The van der Waals surface area contributed by atoms with Gasteiger partial charge in [0.15, 0.2) is 11.5 Å². The summed E-state index contributed by atoms with van der Waals surface area (Å²) in [5, 5.41) is 4.04. The normalized spacial score (nSPS) is 12.5. The van der Waals surface area contributed by atoms with E-state index in [1.807, 2.05) is 36.4 Å². The van der Waals surface area contributed by atoms with Gasteiger partial charge in [0.25, 0.3) is 0 Å². The van der Waals surface area contributed by atoms with Crippen molar-refractivity contribution in [1.82, 2.24) is 10.1 Å². The molecule has 5 nitrogen and oxygen atoms in total. The summed E-state index contributed by atoms with van der Waals surface area (Å²) in [6.07, 6.45) is 1.60. The van der Waals surface area contributed by atoms with E-state index in [1.54, 1.807) is 0 Å². The molecule has 0 aliphatic carbocycles. The zero-order valence-electron chi connectivity index (χ0n) is 11.9. The molecule has 110 valence electrons. The van der Waals surface area contributed by atoms with Crippen molar-refractivity contribution >= 4 is 0 Å². The second-order valence-electron chi connectivity index (χ2n) is 5.07. The van der Waals surface area contributed by atoms with Gasteiger partial charge in [-0.3, -0.25) is 0 Å². The molecule has 3 aromatic rings. The number of benzene rings is 2. The zero-order valence-corrected chi connectivity index (χ0v) is 11.9. The lowest BCUT2D eigenvalue weighted by Gasteiger charge is -1.98. The van der Waals surface area contributed by atoms with Gasteiger partial charge in [0.2, 0.25) is 18.5 Å². The minimum atomic E-state index is 0.257. The third-order valence-corrected chi connectivity index (χ3v) is 3.57. The standard InChI is InChI=1S/C17H14N2O3/c1-2-4-12(5-3-1)6-9-16-18-17(19-22-16)13-7-8-14-15(10-13)21-11-20-14/h1-5,7-8,10H,6,9,11H2. The van der Waals surface area contributed by atoms with Crippen LogP contribution in [0.25, 0.3) is 11.4 Å². The van der Waals surface area contributed by atoms with Crippen molar-refractivity contribution in [2.24, 2.45) is 0 Å². The van der Waals surface area contributed by atoms with Crippen molar-refractivity contribution in [1.29, 1.82) is 0 Å². The van der Waals surface area contributed by atoms with Crippen molar-refractivity contribution in [2.45, 2.75) is 12.8 Å². The Morgan fingerprint density at radius 1 is 0.909 bits per heavy atom. The van der Waals surface area contributed by atoms with E-state index < -0.39 is 0 Å². The molecule has 1 aliphatic heterocycles. The van der Waals surface area contributed by atoms with Crippen LogP contribution in [0.2, 0.25) is 0 Å². The fourth-order valence-corrected chi connectivity index (χ4v) is 2.41. The maximum Gasteiger partial charge on any atom is 0.231 e. The lowest BCUT2D eigenvalue weighted by Crippen LogP contribution is -1.92. The third kappa shape index (κ3) is 2.53. The van der Waals surface area contributed by atoms with Gasteiger partial charge in [0.05, 0.1) is 0 Å². The third-order valence-electron chi connectivity index (χ3n) is 3.57. The molecular formula is C17H14N2O3. The molecule has 5 heteroatoms. The second-order valence-corrected chi connectivity index (χ2v) is 5.07. The van der Waals surface area contributed by atoms with Crippen LogP contribution in [0.4, 0.5) is 0 Å². The van der Waals surface area contributed by atoms with Crippen molar-refractivity contribution in [3.63, 3.8) is 0 Å². The maximum absolute atomic E-state index is 5.36. The highest BCUT2D eigenvalue weighted by Crippen LogP contribution is 2.35. The average Bonchev–Trinajstić information content (AvgIpc) is 3.22. The first-order chi connectivity index (χ1) is 10.9. The van der Waals surface area contributed by atoms with Gasteiger partial charge in [-0.2, -0.15) is 4.98 Å². The van der Waals surface area contributed by atoms with Crippen LogP contribution in [-0.2, 0) is 12.8 Å². The van der Waals surface area contributed by atoms with Crippen LogP contribution in [0.15, 0.2) is 53.1 Å². The number of hydrogen-bond donors (Lipinski definition) is 0. The Labute approximate surface area is 127 Å². The lowest BCUT2D eigenvalue weighted by atomic mass is 10.1. The molecule has 2 aromatic carbocycles. The Kier molecular flexibility index (Phi) is 3.23. The number of ether oxygens (including phenoxy) is 2. The average molecular weight is 294 g/mol. The molecule has 0 radical (unpaired) electrons. The topological polar surface area (TPSA) is 57.4 Å². The predicted octanol–water partition coefficient (Wildman–Crippen LogP) is 3.25. The molecule has 4 rings (SSSR count). The van der Waals surface area contributed by atoms with Crippen molar-refractivity contribution in [3.8, 4) is 22.9 Å². The van der Waals surface area contributed by atoms with E-state index in [4.69, 9.17) is 14.0 Å². The summed E-state index contributed by atoms with van der Waals surface area (Å²) in [5.41, 5.74) is 2.12. The Balaban J connectivity index is 1.49. The first-order valence-electron chi connectivity index (χ1n) is 7.15. The van der Waals surface area contributed by atoms with Gasteiger partial charge in [0.1, 0.15) is 0 Å². The molecule has 0 atom stereocenters. The minimum absolute atomic E-state index is 0.257. The smallest absolute Gasteiger partial charge is 0.231 e. The van der Waals surface area contributed by atoms with Crippen molar-refractivity contribution < 1.29 is 14.0 Å². The van der Waals surface area contributed by atoms with E-state index in [-0.39, 0.29) is 6.79 Å². The lowest BCUT2D eigenvalue weighted by molar-refractivity contribution is 0.174. The first kappa shape index (κ1) is 12.9. The van der Waals surface area contributed by atoms with E-state index in [0.29, 0.717) is 17.5 Å². The molecular weight excluding hydrogens is 280 g/mol. The summed E-state index contributed by atoms with van der Waals surface area (Å²) < 4.78 is 16.0. The van der Waals surface area contributed by atoms with Gasteiger partial charge in [-0.1, -0.05) is 35.5 Å². The van der Waals surface area contributed by atoms with E-state index in [2.05, 4.69) is 22.3 Å². The quantitative estimate of drug-likeness (QED) is 0.739. The van der Waals surface area contributed by atoms with Crippen LogP contribution < -0.4 is 9.47 Å². The highest BCUT2D eigenvalue weighted by Gasteiger charge is 2.16. The number of aromatic nitrogens is 2. The van der Waals surface area contributed by atoms with Crippen molar-refractivity contribution in [3.05, 3.63) is 60.0 Å². The summed E-state index contributed by atoms with van der Waals surface area (Å²) in [7, 11) is 0. The fraction of sp³-hybridized carbons (Fsp3) is 0.176. The highest BCUT2D eigenvalue weighted by atomic mass is 16.7. The van der Waals surface area contributed by atoms with E-state index in [1.165, 1.54) is 5.56 Å². The van der Waals surface area contributed by atoms with Gasteiger partial charge in [-0.25, -0.2) is 0 Å². The zero-order chi connectivity index (χ0) is 14.8. The van der Waals surface area contributed by atoms with Crippen LogP contribution in [0.1, 0.15) is 11.5 Å². The SMILES string of the molecule is c1ccc(CCc2nc(-c3ccc4c(c3)OCO4)no2)cc1. The van der Waals surface area contributed by atoms with Crippen LogP contribution in [-0.4, -0.2) is 16.9 Å². The molecule has 0 fully saturated rings. The van der Waals surface area contributed by atoms with Crippen molar-refractivity contribution in [2.75, 3.05) is 6.79 Å². The molecule has 1 aliphatic rings. The largest absolute Gasteiger partial charge is 0.454 e. The predicted molar refractivity (Wildman–Crippen MR) is 79.7 cm³/mol. The molecule has 0 bridgehead atoms. The van der Waals surface area contributed by atoms with Gasteiger partial charge >= 0.3 is 0 Å². The Morgan fingerprint density at radius 3 is 2.68 bits per heavy atom. The molecule has 0 N–H and O–H groups in total. The monoisotopic (exact) mass is 294 g/mol. The Morgan fingerprint density at radius 2 is 1.77 bits per heavy atom. The Hall–Kier alpha value is -2.82. The number of nitrogens with zero attached hydrogens (tertiary/aromatic N) is 2. The minimum Gasteiger partial charge on any atom is -0.454 e. The van der Waals surface area contributed by atoms with Crippen LogP contribution in [0.3, 0.4) is 0 Å². The molecule has 0 saturated heterocycles. The molecule has 22 heavy (non-hydrogen) atoms. The number of aryl methyl sites for hydroxylation is 2. The fourth-order valence-electron chi connectivity index (χ4n) is 2.41. The van der Waals surface area contributed by atoms with E-state index in [0.717, 1.165) is 24.2 Å². The van der Waals surface area contributed by atoms with E-state index in [9.17, 15) is 0 Å². The molecule has 2 heterocycles. The maximum atomic E-state index is 5.36. The summed E-state index contributed by atoms with van der Waals surface area (Å²) in [6.45, 7) is 0.257. The van der Waals surface area contributed by atoms with Gasteiger partial charge in [0, 0.05) is 12.0 Å². The summed E-state index contributed by atoms with van der Waals surface area (Å²) in [5.74, 6) is 2.67. The van der Waals surface area contributed by atoms with Crippen LogP contribution in [0, 0.1) is 0 Å². The first-order valence-corrected chi connectivity index (χ1v) is 7.15. The summed E-state index contributed by atoms with van der Waals surface area (Å²) in [6, 6.07) is 15.9. The van der Waals surface area contributed by atoms with Gasteiger partial charge < -0.3 is 14.0 Å². The molecule has 0 unspecified atom stereocenters. The molecule has 0 saturated carbocycles. The number of hydrogen-bond acceptors (Lipinski definition) is 5. The van der Waals surface area contributed by atoms with E-state index >= 15 is 0 Å². The molecule has 0 amide bonds. The van der Waals surface area contributed by atoms with Crippen LogP contribution >= 0.6 is 0 Å². The summed E-state index contributed by atoms with van der Waals surface area (Å²) in [4.78, 5) is 4.45. The van der Waals surface area contributed by atoms with Crippen LogP contribution in [0.5, 0.6) is 11.5 Å². The van der Waals surface area contributed by atoms with Gasteiger partial charge in [-0.15, -0.1) is 0 Å². The number of fused-ring (bicyclic) bond motifs is 1. The molecule has 0 spiro atoms. The highest BCUT2D eigenvalue weighted by molar-refractivity contribution is 5.61. The summed E-state index contributed by atoms with van der Waals surface area (Å²) >= 11 is 0. The number of rotatable bonds is 4.